The van der Waals surface area contributed by atoms with Gasteiger partial charge in [-0.3, -0.25) is 9.59 Å². The predicted molar refractivity (Wildman–Crippen MR) is 98.6 cm³/mol. The second kappa shape index (κ2) is 8.34. The van der Waals surface area contributed by atoms with Gasteiger partial charge in [0, 0.05) is 44.8 Å². The zero-order chi connectivity index (χ0) is 17.6. The number of hydrogen-bond donors (Lipinski definition) is 2. The molecule has 6 nitrogen and oxygen atoms in total. The fourth-order valence-electron chi connectivity index (χ4n) is 3.52. The van der Waals surface area contributed by atoms with Crippen LogP contribution in [0, 0.1) is 6.92 Å². The lowest BCUT2D eigenvalue weighted by molar-refractivity contribution is -0.131. The lowest BCUT2D eigenvalue weighted by atomic mass is 10.2. The molecule has 3 rings (SSSR count). The van der Waals surface area contributed by atoms with Crippen LogP contribution in [0.2, 0.25) is 0 Å². The molecule has 0 saturated carbocycles. The smallest absolute Gasteiger partial charge is 0.237 e. The van der Waals surface area contributed by atoms with Crippen molar-refractivity contribution in [2.75, 3.05) is 44.2 Å². The number of benzene rings is 1. The van der Waals surface area contributed by atoms with Crippen LogP contribution in [0.3, 0.4) is 0 Å². The topological polar surface area (TPSA) is 64.7 Å². The van der Waals surface area contributed by atoms with Gasteiger partial charge in [-0.15, -0.1) is 0 Å². The van der Waals surface area contributed by atoms with Crippen molar-refractivity contribution in [3.05, 3.63) is 29.8 Å². The number of nitrogens with one attached hydrogen (secondary N) is 2. The van der Waals surface area contributed by atoms with Crippen molar-refractivity contribution >= 4 is 17.5 Å². The van der Waals surface area contributed by atoms with E-state index in [4.69, 9.17) is 0 Å². The summed E-state index contributed by atoms with van der Waals surface area (Å²) in [6, 6.07) is 8.40. The van der Waals surface area contributed by atoms with Crippen molar-refractivity contribution in [1.82, 2.24) is 15.5 Å². The summed E-state index contributed by atoms with van der Waals surface area (Å²) >= 11 is 0. The van der Waals surface area contributed by atoms with E-state index in [-0.39, 0.29) is 17.9 Å². The van der Waals surface area contributed by atoms with Gasteiger partial charge in [0.05, 0.1) is 6.04 Å². The van der Waals surface area contributed by atoms with Crippen molar-refractivity contribution < 1.29 is 9.59 Å². The van der Waals surface area contributed by atoms with E-state index in [0.717, 1.165) is 45.6 Å². The Morgan fingerprint density at radius 1 is 1.24 bits per heavy atom. The van der Waals surface area contributed by atoms with E-state index in [1.807, 2.05) is 4.90 Å². The van der Waals surface area contributed by atoms with Gasteiger partial charge in [0.1, 0.15) is 0 Å². The molecule has 0 aromatic heterocycles. The van der Waals surface area contributed by atoms with E-state index in [1.54, 1.807) is 0 Å². The van der Waals surface area contributed by atoms with E-state index in [2.05, 4.69) is 46.7 Å². The number of anilines is 1. The second-order valence-corrected chi connectivity index (χ2v) is 6.90. The molecule has 25 heavy (non-hydrogen) atoms. The van der Waals surface area contributed by atoms with Gasteiger partial charge in [0.2, 0.25) is 11.8 Å². The maximum Gasteiger partial charge on any atom is 0.237 e. The largest absolute Gasteiger partial charge is 0.368 e. The number of aryl methyl sites for hydroxylation is 1. The Labute approximate surface area is 149 Å². The van der Waals surface area contributed by atoms with Gasteiger partial charge in [0.15, 0.2) is 0 Å². The Kier molecular flexibility index (Phi) is 5.91. The highest BCUT2D eigenvalue weighted by molar-refractivity contribution is 5.83. The highest BCUT2D eigenvalue weighted by atomic mass is 16.2. The van der Waals surface area contributed by atoms with Gasteiger partial charge in [-0.1, -0.05) is 12.1 Å². The molecule has 2 aliphatic heterocycles. The lowest BCUT2D eigenvalue weighted by Gasteiger charge is -2.36. The Morgan fingerprint density at radius 3 is 2.72 bits per heavy atom. The van der Waals surface area contributed by atoms with Gasteiger partial charge in [-0.25, -0.2) is 0 Å². The summed E-state index contributed by atoms with van der Waals surface area (Å²) in [5.41, 5.74) is 2.48. The van der Waals surface area contributed by atoms with Crippen LogP contribution in [-0.2, 0) is 9.59 Å². The third-order valence-electron chi connectivity index (χ3n) is 5.01. The standard InChI is InChI=1S/C19H28N4O2/c1-15-4-2-5-16(14-15)22-10-12-23(13-11-22)18(24)7-9-21-19(25)17-6-3-8-20-17/h2,4-5,14,17,20H,3,6-13H2,1H3,(H,21,25). The molecule has 2 amide bonds. The molecular weight excluding hydrogens is 316 g/mol. The number of hydrogen-bond acceptors (Lipinski definition) is 4. The van der Waals surface area contributed by atoms with E-state index >= 15 is 0 Å². The van der Waals surface area contributed by atoms with E-state index in [1.165, 1.54) is 11.3 Å². The molecule has 2 N–H and O–H groups in total. The van der Waals surface area contributed by atoms with Crippen molar-refractivity contribution in [3.8, 4) is 0 Å². The molecule has 0 aliphatic carbocycles. The lowest BCUT2D eigenvalue weighted by Crippen LogP contribution is -2.49. The molecule has 2 aliphatic rings. The van der Waals surface area contributed by atoms with Crippen LogP contribution < -0.4 is 15.5 Å². The fraction of sp³-hybridized carbons (Fsp3) is 0.579. The number of rotatable bonds is 5. The average molecular weight is 344 g/mol. The predicted octanol–water partition coefficient (Wildman–Crippen LogP) is 0.902. The Balaban J connectivity index is 1.38. The van der Waals surface area contributed by atoms with Crippen LogP contribution in [0.15, 0.2) is 24.3 Å². The van der Waals surface area contributed by atoms with Crippen LogP contribution in [0.25, 0.3) is 0 Å². The summed E-state index contributed by atoms with van der Waals surface area (Å²) in [6.07, 6.45) is 2.31. The number of amides is 2. The van der Waals surface area contributed by atoms with E-state index in [0.29, 0.717) is 13.0 Å². The maximum absolute atomic E-state index is 12.3. The normalized spacial score (nSPS) is 20.6. The third kappa shape index (κ3) is 4.72. The SMILES string of the molecule is Cc1cccc(N2CCN(C(=O)CCNC(=O)C3CCCN3)CC2)c1. The molecule has 1 aromatic carbocycles. The molecule has 0 bridgehead atoms. The van der Waals surface area contributed by atoms with E-state index in [9.17, 15) is 9.59 Å². The third-order valence-corrected chi connectivity index (χ3v) is 5.01. The van der Waals surface area contributed by atoms with Crippen LogP contribution in [0.1, 0.15) is 24.8 Å². The van der Waals surface area contributed by atoms with Crippen LogP contribution in [0.5, 0.6) is 0 Å². The molecular formula is C19H28N4O2. The first-order valence-electron chi connectivity index (χ1n) is 9.24. The number of nitrogens with zero attached hydrogens (tertiary/aromatic N) is 2. The molecule has 1 unspecified atom stereocenters. The zero-order valence-electron chi connectivity index (χ0n) is 15.0. The Hall–Kier alpha value is -2.08. The number of piperazine rings is 1. The average Bonchev–Trinajstić information content (AvgIpc) is 3.16. The quantitative estimate of drug-likeness (QED) is 0.833. The van der Waals surface area contributed by atoms with Gasteiger partial charge in [0.25, 0.3) is 0 Å². The molecule has 0 spiro atoms. The van der Waals surface area contributed by atoms with Crippen LogP contribution >= 0.6 is 0 Å². The highest BCUT2D eigenvalue weighted by Gasteiger charge is 2.23. The first-order valence-corrected chi connectivity index (χ1v) is 9.24. The molecule has 1 aromatic rings. The van der Waals surface area contributed by atoms with Gasteiger partial charge < -0.3 is 20.4 Å². The molecule has 136 valence electrons. The number of carbonyl (C=O) groups is 2. The summed E-state index contributed by atoms with van der Waals surface area (Å²) in [4.78, 5) is 28.5. The first-order chi connectivity index (χ1) is 12.1. The van der Waals surface area contributed by atoms with Crippen molar-refractivity contribution in [1.29, 1.82) is 0 Å². The Bertz CT molecular complexity index is 605. The summed E-state index contributed by atoms with van der Waals surface area (Å²) in [7, 11) is 0. The van der Waals surface area contributed by atoms with Crippen molar-refractivity contribution in [2.24, 2.45) is 0 Å². The minimum absolute atomic E-state index is 0.0227. The minimum Gasteiger partial charge on any atom is -0.368 e. The molecule has 2 saturated heterocycles. The first kappa shape index (κ1) is 17.7. The molecule has 2 fully saturated rings. The summed E-state index contributed by atoms with van der Waals surface area (Å²) < 4.78 is 0. The van der Waals surface area contributed by atoms with Gasteiger partial charge >= 0.3 is 0 Å². The Morgan fingerprint density at radius 2 is 2.04 bits per heavy atom. The second-order valence-electron chi connectivity index (χ2n) is 6.90. The number of carbonyl (C=O) groups excluding carboxylic acids is 2. The van der Waals surface area contributed by atoms with Crippen molar-refractivity contribution in [3.63, 3.8) is 0 Å². The zero-order valence-corrected chi connectivity index (χ0v) is 15.0. The molecule has 1 atom stereocenters. The molecule has 0 radical (unpaired) electrons. The minimum atomic E-state index is -0.0759. The van der Waals surface area contributed by atoms with Gasteiger partial charge in [-0.2, -0.15) is 0 Å². The summed E-state index contributed by atoms with van der Waals surface area (Å²) in [6.45, 7) is 6.62. The fourth-order valence-corrected chi connectivity index (χ4v) is 3.52. The summed E-state index contributed by atoms with van der Waals surface area (Å²) in [5.74, 6) is 0.151. The van der Waals surface area contributed by atoms with Crippen LogP contribution in [-0.4, -0.2) is 62.0 Å². The van der Waals surface area contributed by atoms with Gasteiger partial charge in [-0.05, 0) is 44.0 Å². The maximum atomic E-state index is 12.3. The monoisotopic (exact) mass is 344 g/mol. The molecule has 2 heterocycles. The summed E-state index contributed by atoms with van der Waals surface area (Å²) in [5, 5.41) is 6.05. The van der Waals surface area contributed by atoms with Crippen molar-refractivity contribution in [2.45, 2.75) is 32.2 Å². The van der Waals surface area contributed by atoms with Crippen LogP contribution in [0.4, 0.5) is 5.69 Å². The molecule has 6 heteroatoms. The van der Waals surface area contributed by atoms with E-state index < -0.39 is 0 Å². The highest BCUT2D eigenvalue weighted by Crippen LogP contribution is 2.18.